The summed E-state index contributed by atoms with van der Waals surface area (Å²) >= 11 is 0. The van der Waals surface area contributed by atoms with Crippen LogP contribution in [0.1, 0.15) is 20.3 Å². The number of aliphatic hydroxyl groups is 1. The van der Waals surface area contributed by atoms with Gasteiger partial charge in [0, 0.05) is 26.7 Å². The molecule has 0 amide bonds. The van der Waals surface area contributed by atoms with Gasteiger partial charge in [0.15, 0.2) is 11.2 Å². The minimum atomic E-state index is -0.398. The summed E-state index contributed by atoms with van der Waals surface area (Å²) in [5.74, 6) is 0.518. The number of hydrazone groups is 1. The van der Waals surface area contributed by atoms with Crippen molar-refractivity contribution in [3.63, 3.8) is 0 Å². The van der Waals surface area contributed by atoms with E-state index in [-0.39, 0.29) is 18.7 Å². The molecule has 1 aliphatic heterocycles. The molecule has 0 fully saturated rings. The van der Waals surface area contributed by atoms with Crippen molar-refractivity contribution in [1.82, 2.24) is 18.7 Å². The summed E-state index contributed by atoms with van der Waals surface area (Å²) in [6.45, 7) is 4.91. The second-order valence-corrected chi connectivity index (χ2v) is 6.03. The lowest BCUT2D eigenvalue weighted by Gasteiger charge is -2.24. The van der Waals surface area contributed by atoms with Crippen LogP contribution in [0.5, 0.6) is 0 Å². The van der Waals surface area contributed by atoms with Gasteiger partial charge in [0.25, 0.3) is 5.56 Å². The fraction of sp³-hybridized carbons (Fsp3) is 0.500. The highest BCUT2D eigenvalue weighted by atomic mass is 16.3. The molecule has 9 heteroatoms. The van der Waals surface area contributed by atoms with Crippen LogP contribution in [-0.2, 0) is 20.1 Å². The summed E-state index contributed by atoms with van der Waals surface area (Å²) in [6.07, 6.45) is 4.10. The van der Waals surface area contributed by atoms with E-state index in [1.807, 2.05) is 13.8 Å². The molecule has 0 atom stereocenters. The fourth-order valence-electron chi connectivity index (χ4n) is 2.96. The number of aryl methyl sites for hydroxylation is 1. The molecular formula is C16H22N6O3. The quantitative estimate of drug-likeness (QED) is 0.772. The largest absolute Gasteiger partial charge is 0.396 e. The number of rotatable bonds is 5. The third kappa shape index (κ3) is 2.80. The molecule has 3 rings (SSSR count). The van der Waals surface area contributed by atoms with Crippen molar-refractivity contribution >= 4 is 22.8 Å². The Labute approximate surface area is 144 Å². The van der Waals surface area contributed by atoms with Gasteiger partial charge in [-0.15, -0.1) is 0 Å². The average molecular weight is 346 g/mol. The third-order valence-electron chi connectivity index (χ3n) is 4.17. The molecule has 1 aliphatic rings. The Morgan fingerprint density at radius 1 is 1.32 bits per heavy atom. The molecule has 0 radical (unpaired) electrons. The van der Waals surface area contributed by atoms with Gasteiger partial charge in [0.2, 0.25) is 5.95 Å². The first-order valence-corrected chi connectivity index (χ1v) is 8.23. The van der Waals surface area contributed by atoms with Crippen LogP contribution >= 0.6 is 0 Å². The number of hydrogen-bond donors (Lipinski definition) is 1. The molecule has 2 aromatic rings. The predicted molar refractivity (Wildman–Crippen MR) is 96.2 cm³/mol. The molecule has 0 spiro atoms. The first-order valence-electron chi connectivity index (χ1n) is 8.23. The minimum absolute atomic E-state index is 0.0416. The van der Waals surface area contributed by atoms with E-state index in [0.29, 0.717) is 36.6 Å². The van der Waals surface area contributed by atoms with Gasteiger partial charge < -0.3 is 5.11 Å². The van der Waals surface area contributed by atoms with E-state index in [1.165, 1.54) is 9.13 Å². The van der Waals surface area contributed by atoms with Crippen LogP contribution in [-0.4, -0.2) is 42.7 Å². The van der Waals surface area contributed by atoms with E-state index < -0.39 is 5.69 Å². The molecule has 0 saturated heterocycles. The van der Waals surface area contributed by atoms with Gasteiger partial charge in [-0.05, 0) is 20.3 Å². The second kappa shape index (κ2) is 6.67. The second-order valence-electron chi connectivity index (χ2n) is 6.03. The van der Waals surface area contributed by atoms with Crippen molar-refractivity contribution < 1.29 is 5.11 Å². The molecule has 0 aromatic carbocycles. The van der Waals surface area contributed by atoms with E-state index in [1.54, 1.807) is 28.8 Å². The molecule has 25 heavy (non-hydrogen) atoms. The van der Waals surface area contributed by atoms with E-state index in [2.05, 4.69) is 10.1 Å². The molecule has 1 N–H and O–H groups in total. The Balaban J connectivity index is 2.26. The summed E-state index contributed by atoms with van der Waals surface area (Å²) in [4.78, 5) is 29.9. The highest BCUT2D eigenvalue weighted by Gasteiger charge is 2.26. The maximum Gasteiger partial charge on any atom is 0.332 e. The van der Waals surface area contributed by atoms with Gasteiger partial charge in [-0.25, -0.2) is 9.80 Å². The van der Waals surface area contributed by atoms with Crippen molar-refractivity contribution in [2.45, 2.75) is 33.4 Å². The SMILES string of the molecule is CC=CCn1c(=O)c2c(nc3n2CC(C)=NN3CCCO)n(C)c1=O. The standard InChI is InChI=1S/C16H22N6O3/c1-4-5-7-20-14(24)12-13(19(3)16(20)25)17-15-21(12)10-11(2)18-22(15)8-6-9-23/h4-5,23H,6-10H2,1-3H3. The normalized spacial score (nSPS) is 14.4. The van der Waals surface area contributed by atoms with Crippen LogP contribution in [0.3, 0.4) is 0 Å². The van der Waals surface area contributed by atoms with E-state index in [4.69, 9.17) is 5.11 Å². The number of aromatic nitrogens is 4. The fourth-order valence-corrected chi connectivity index (χ4v) is 2.96. The number of fused-ring (bicyclic) bond motifs is 3. The Bertz CT molecular complexity index is 978. The number of allylic oxidation sites excluding steroid dienone is 2. The van der Waals surface area contributed by atoms with Crippen molar-refractivity contribution in [2.24, 2.45) is 12.1 Å². The zero-order valence-electron chi connectivity index (χ0n) is 14.6. The summed E-state index contributed by atoms with van der Waals surface area (Å²) in [7, 11) is 1.61. The lowest BCUT2D eigenvalue weighted by molar-refractivity contribution is 0.289. The van der Waals surface area contributed by atoms with Crippen molar-refractivity contribution in [1.29, 1.82) is 0 Å². The van der Waals surface area contributed by atoms with Crippen molar-refractivity contribution in [3.8, 4) is 0 Å². The van der Waals surface area contributed by atoms with Gasteiger partial charge in [-0.3, -0.25) is 18.5 Å². The number of anilines is 1. The monoisotopic (exact) mass is 346 g/mol. The molecule has 0 aliphatic carbocycles. The smallest absolute Gasteiger partial charge is 0.332 e. The van der Waals surface area contributed by atoms with Gasteiger partial charge in [0.05, 0.1) is 12.3 Å². The van der Waals surface area contributed by atoms with Crippen LogP contribution in [0, 0.1) is 0 Å². The highest BCUT2D eigenvalue weighted by Crippen LogP contribution is 2.23. The Morgan fingerprint density at radius 3 is 2.76 bits per heavy atom. The summed E-state index contributed by atoms with van der Waals surface area (Å²) in [6, 6.07) is 0. The van der Waals surface area contributed by atoms with Crippen molar-refractivity contribution in [2.75, 3.05) is 18.2 Å². The zero-order valence-corrected chi connectivity index (χ0v) is 14.6. The Kier molecular flexibility index (Phi) is 4.58. The molecule has 3 heterocycles. The van der Waals surface area contributed by atoms with Crippen LogP contribution in [0.4, 0.5) is 5.95 Å². The van der Waals surface area contributed by atoms with Crippen LogP contribution in [0.25, 0.3) is 11.2 Å². The third-order valence-corrected chi connectivity index (χ3v) is 4.17. The van der Waals surface area contributed by atoms with Gasteiger partial charge in [-0.1, -0.05) is 12.2 Å². The van der Waals surface area contributed by atoms with E-state index in [9.17, 15) is 9.59 Å². The number of aliphatic hydroxyl groups excluding tert-OH is 1. The summed E-state index contributed by atoms with van der Waals surface area (Å²) in [5, 5.41) is 15.2. The number of hydrogen-bond acceptors (Lipinski definition) is 6. The Hall–Kier alpha value is -2.68. The lowest BCUT2D eigenvalue weighted by atomic mass is 10.3. The van der Waals surface area contributed by atoms with Gasteiger partial charge in [0.1, 0.15) is 0 Å². The average Bonchev–Trinajstić information content (AvgIpc) is 2.97. The molecule has 0 saturated carbocycles. The molecule has 2 aromatic heterocycles. The highest BCUT2D eigenvalue weighted by molar-refractivity contribution is 5.87. The van der Waals surface area contributed by atoms with E-state index in [0.717, 1.165) is 5.71 Å². The molecular weight excluding hydrogens is 324 g/mol. The maximum absolute atomic E-state index is 12.9. The first kappa shape index (κ1) is 17.2. The summed E-state index contributed by atoms with van der Waals surface area (Å²) in [5.41, 5.74) is 0.820. The minimum Gasteiger partial charge on any atom is -0.396 e. The predicted octanol–water partition coefficient (Wildman–Crippen LogP) is 0.0511. The van der Waals surface area contributed by atoms with E-state index >= 15 is 0 Å². The molecule has 134 valence electrons. The Morgan fingerprint density at radius 2 is 2.08 bits per heavy atom. The topological polar surface area (TPSA) is 97.7 Å². The number of nitrogens with zero attached hydrogens (tertiary/aromatic N) is 6. The molecule has 0 bridgehead atoms. The number of imidazole rings is 1. The maximum atomic E-state index is 12.9. The zero-order chi connectivity index (χ0) is 18.1. The van der Waals surface area contributed by atoms with Gasteiger partial charge in [-0.2, -0.15) is 10.1 Å². The lowest BCUT2D eigenvalue weighted by Crippen LogP contribution is -2.39. The molecule has 9 nitrogen and oxygen atoms in total. The first-order chi connectivity index (χ1) is 12.0. The van der Waals surface area contributed by atoms with Crippen molar-refractivity contribution in [3.05, 3.63) is 33.0 Å². The van der Waals surface area contributed by atoms with Crippen LogP contribution in [0.15, 0.2) is 26.8 Å². The van der Waals surface area contributed by atoms with Crippen LogP contribution in [0.2, 0.25) is 0 Å². The van der Waals surface area contributed by atoms with Crippen LogP contribution < -0.4 is 16.3 Å². The van der Waals surface area contributed by atoms with Gasteiger partial charge >= 0.3 is 5.69 Å². The molecule has 0 unspecified atom stereocenters. The summed E-state index contributed by atoms with van der Waals surface area (Å²) < 4.78 is 4.39.